The Balaban J connectivity index is 0.000000199. The lowest BCUT2D eigenvalue weighted by molar-refractivity contribution is 0.628. The molecular formula is C51H40BrCl2F2N11. The Morgan fingerprint density at radius 3 is 1.40 bits per heavy atom. The summed E-state index contributed by atoms with van der Waals surface area (Å²) in [5.41, 5.74) is 10.7. The Labute approximate surface area is 405 Å². The highest BCUT2D eigenvalue weighted by Gasteiger charge is 2.14. The molecule has 0 amide bonds. The Kier molecular flexibility index (Phi) is 14.9. The number of nitrogens with zero attached hydrogens (tertiary/aromatic N) is 7. The molecule has 8 rings (SSSR count). The molecule has 0 atom stereocenters. The van der Waals surface area contributed by atoms with Crippen molar-refractivity contribution in [2.24, 2.45) is 0 Å². The number of pyridine rings is 2. The standard InChI is InChI=1S/C26H20ClFN6.C25H20BrClFN5/c1-34(2)21-6-3-16(17(9-21)12-29)14-31-19-5-8-25-22(10-19)26(18(13-30)15-32-25)33-20-4-7-24(28)23(27)11-20;1-33(2)19-6-3-15(21(26)11-19)13-30-17-5-8-24-20(9-17)25(16(12-29)14-31-24)32-18-4-7-23(28)22(27)10-18/h3-11,15,31H,14H2,1-2H3,(H,32,33);3-11,14,30H,13H2,1-2H3,(H,31,32). The molecule has 0 saturated carbocycles. The predicted molar refractivity (Wildman–Crippen MR) is 271 cm³/mol. The third kappa shape index (κ3) is 11.2. The lowest BCUT2D eigenvalue weighted by atomic mass is 10.1. The molecular weight excluding hydrogens is 955 g/mol. The first-order valence-corrected chi connectivity index (χ1v) is 22.0. The number of hydrogen-bond donors (Lipinski definition) is 4. The van der Waals surface area contributed by atoms with Gasteiger partial charge in [-0.3, -0.25) is 9.97 Å². The number of halogens is 5. The summed E-state index contributed by atoms with van der Waals surface area (Å²) in [5, 5.41) is 43.5. The van der Waals surface area contributed by atoms with Crippen LogP contribution in [0.4, 0.5) is 54.3 Å². The lowest BCUT2D eigenvalue weighted by Gasteiger charge is -2.16. The van der Waals surface area contributed by atoms with Crippen molar-refractivity contribution in [1.29, 1.82) is 15.8 Å². The minimum absolute atomic E-state index is 0.00471. The highest BCUT2D eigenvalue weighted by atomic mass is 79.9. The number of hydrogen-bond acceptors (Lipinski definition) is 11. The van der Waals surface area contributed by atoms with Gasteiger partial charge >= 0.3 is 0 Å². The number of nitrogens with one attached hydrogen (secondary N) is 4. The Morgan fingerprint density at radius 1 is 0.537 bits per heavy atom. The molecule has 0 spiro atoms. The van der Waals surface area contributed by atoms with Gasteiger partial charge in [-0.05, 0) is 108 Å². The van der Waals surface area contributed by atoms with Crippen molar-refractivity contribution in [3.63, 3.8) is 0 Å². The summed E-state index contributed by atoms with van der Waals surface area (Å²) in [7, 11) is 7.87. The van der Waals surface area contributed by atoms with Crippen molar-refractivity contribution in [2.75, 3.05) is 59.3 Å². The number of fused-ring (bicyclic) bond motifs is 2. The van der Waals surface area contributed by atoms with E-state index in [0.717, 1.165) is 49.3 Å². The molecule has 0 aliphatic rings. The van der Waals surface area contributed by atoms with Crippen LogP contribution in [0.25, 0.3) is 21.8 Å². The zero-order valence-electron chi connectivity index (χ0n) is 36.5. The van der Waals surface area contributed by atoms with E-state index >= 15 is 0 Å². The Morgan fingerprint density at radius 2 is 0.970 bits per heavy atom. The molecule has 0 saturated heterocycles. The minimum atomic E-state index is -0.519. The lowest BCUT2D eigenvalue weighted by Crippen LogP contribution is -2.10. The van der Waals surface area contributed by atoms with Gasteiger partial charge in [0, 0.05) is 103 Å². The van der Waals surface area contributed by atoms with Crippen molar-refractivity contribution < 1.29 is 8.78 Å². The summed E-state index contributed by atoms with van der Waals surface area (Å²) in [4.78, 5) is 12.8. The molecule has 67 heavy (non-hydrogen) atoms. The van der Waals surface area contributed by atoms with Crippen LogP contribution in [0, 0.1) is 45.6 Å². The van der Waals surface area contributed by atoms with E-state index in [1.165, 1.54) is 36.7 Å². The van der Waals surface area contributed by atoms with E-state index in [1.807, 2.05) is 92.6 Å². The fourth-order valence-corrected chi connectivity index (χ4v) is 7.80. The molecule has 0 unspecified atom stereocenters. The third-order valence-electron chi connectivity index (χ3n) is 10.6. The zero-order chi connectivity index (χ0) is 47.8. The maximum absolute atomic E-state index is 13.6. The molecule has 0 fully saturated rings. The molecule has 16 heteroatoms. The smallest absolute Gasteiger partial charge is 0.141 e. The summed E-state index contributed by atoms with van der Waals surface area (Å²) in [6.07, 6.45) is 3.01. The fourth-order valence-electron chi connectivity index (χ4n) is 6.93. The summed E-state index contributed by atoms with van der Waals surface area (Å²) < 4.78 is 28.2. The molecule has 0 bridgehead atoms. The van der Waals surface area contributed by atoms with Gasteiger partial charge in [0.05, 0.1) is 55.2 Å². The first-order chi connectivity index (χ1) is 32.2. The molecule has 2 aromatic heterocycles. The van der Waals surface area contributed by atoms with Crippen LogP contribution in [0.5, 0.6) is 0 Å². The first-order valence-electron chi connectivity index (χ1n) is 20.5. The number of nitriles is 3. The number of aromatic nitrogens is 2. The molecule has 334 valence electrons. The first kappa shape index (κ1) is 47.3. The number of benzene rings is 6. The van der Waals surface area contributed by atoms with Crippen LogP contribution in [0.1, 0.15) is 27.8 Å². The fraction of sp³-hybridized carbons (Fsp3) is 0.118. The van der Waals surface area contributed by atoms with Crippen LogP contribution in [0.3, 0.4) is 0 Å². The Hall–Kier alpha value is -7.67. The second kappa shape index (κ2) is 21.1. The van der Waals surface area contributed by atoms with Gasteiger partial charge in [0.25, 0.3) is 0 Å². The molecule has 11 nitrogen and oxygen atoms in total. The number of rotatable bonds is 12. The normalized spacial score (nSPS) is 10.5. The summed E-state index contributed by atoms with van der Waals surface area (Å²) >= 11 is 15.5. The monoisotopic (exact) mass is 993 g/mol. The second-order valence-electron chi connectivity index (χ2n) is 15.5. The Bertz CT molecular complexity index is 3290. The molecule has 0 aliphatic heterocycles. The van der Waals surface area contributed by atoms with Crippen LogP contribution in [-0.2, 0) is 13.1 Å². The molecule has 4 N–H and O–H groups in total. The average molecular weight is 996 g/mol. The van der Waals surface area contributed by atoms with Crippen LogP contribution in [0.2, 0.25) is 10.0 Å². The maximum Gasteiger partial charge on any atom is 0.141 e. The molecule has 0 aliphatic carbocycles. The van der Waals surface area contributed by atoms with Crippen molar-refractivity contribution in [3.8, 4) is 18.2 Å². The van der Waals surface area contributed by atoms with Crippen LogP contribution in [-0.4, -0.2) is 38.2 Å². The van der Waals surface area contributed by atoms with E-state index in [0.29, 0.717) is 63.4 Å². The van der Waals surface area contributed by atoms with Crippen LogP contribution in [0.15, 0.2) is 126 Å². The van der Waals surface area contributed by atoms with E-state index < -0.39 is 11.6 Å². The summed E-state index contributed by atoms with van der Waals surface area (Å²) in [6.45, 7) is 1.06. The average Bonchev–Trinajstić information content (AvgIpc) is 3.33. The van der Waals surface area contributed by atoms with E-state index in [-0.39, 0.29) is 10.0 Å². The van der Waals surface area contributed by atoms with Crippen molar-refractivity contribution in [2.45, 2.75) is 13.1 Å². The summed E-state index contributed by atoms with van der Waals surface area (Å²) in [5.74, 6) is -1.02. The van der Waals surface area contributed by atoms with Gasteiger partial charge in [-0.1, -0.05) is 51.3 Å². The minimum Gasteiger partial charge on any atom is -0.381 e. The van der Waals surface area contributed by atoms with Crippen molar-refractivity contribution in [3.05, 3.63) is 176 Å². The highest BCUT2D eigenvalue weighted by Crippen LogP contribution is 2.34. The maximum atomic E-state index is 13.6. The quantitative estimate of drug-likeness (QED) is 0.0926. The van der Waals surface area contributed by atoms with Crippen LogP contribution >= 0.6 is 39.1 Å². The van der Waals surface area contributed by atoms with Gasteiger partial charge in [0.1, 0.15) is 23.8 Å². The van der Waals surface area contributed by atoms with Gasteiger partial charge in [-0.25, -0.2) is 8.78 Å². The van der Waals surface area contributed by atoms with E-state index in [4.69, 9.17) is 23.2 Å². The predicted octanol–water partition coefficient (Wildman–Crippen LogP) is 13.3. The van der Waals surface area contributed by atoms with Gasteiger partial charge < -0.3 is 31.1 Å². The molecule has 0 radical (unpaired) electrons. The number of anilines is 8. The highest BCUT2D eigenvalue weighted by molar-refractivity contribution is 9.10. The second-order valence-corrected chi connectivity index (χ2v) is 17.2. The molecule has 2 heterocycles. The molecule has 8 aromatic rings. The molecule has 6 aromatic carbocycles. The van der Waals surface area contributed by atoms with Gasteiger partial charge in [-0.15, -0.1) is 0 Å². The van der Waals surface area contributed by atoms with Crippen molar-refractivity contribution in [1.82, 2.24) is 9.97 Å². The zero-order valence-corrected chi connectivity index (χ0v) is 39.6. The third-order valence-corrected chi connectivity index (χ3v) is 11.9. The van der Waals surface area contributed by atoms with E-state index in [2.05, 4.69) is 83.6 Å². The van der Waals surface area contributed by atoms with Crippen molar-refractivity contribution >= 4 is 106 Å². The SMILES string of the molecule is CN(C)c1ccc(CNc2ccc3ncc(C#N)c(Nc4ccc(F)c(Cl)c4)c3c2)c(Br)c1.CN(C)c1ccc(CNc2ccc3ncc(C#N)c(Nc4ccc(F)c(Cl)c4)c3c2)c(C#N)c1. The van der Waals surface area contributed by atoms with E-state index in [9.17, 15) is 24.6 Å². The van der Waals surface area contributed by atoms with Crippen LogP contribution < -0.4 is 31.1 Å². The van der Waals surface area contributed by atoms with Gasteiger partial charge in [0.15, 0.2) is 0 Å². The summed E-state index contributed by atoms with van der Waals surface area (Å²) in [6, 6.07) is 38.6. The largest absolute Gasteiger partial charge is 0.381 e. The van der Waals surface area contributed by atoms with E-state index in [1.54, 1.807) is 12.1 Å². The van der Waals surface area contributed by atoms with Gasteiger partial charge in [-0.2, -0.15) is 15.8 Å². The van der Waals surface area contributed by atoms with Gasteiger partial charge in [0.2, 0.25) is 0 Å². The topological polar surface area (TPSA) is 152 Å².